The molecule has 15 atom stereocenters. The third-order valence-electron chi connectivity index (χ3n) is 16.9. The summed E-state index contributed by atoms with van der Waals surface area (Å²) in [7, 11) is 0. The number of rotatable bonds is 33. The van der Waals surface area contributed by atoms with Crippen molar-refractivity contribution < 1.29 is 90.5 Å². The summed E-state index contributed by atoms with van der Waals surface area (Å²) in [5.41, 5.74) is 1.94. The molecule has 534 valence electrons. The third kappa shape index (κ3) is 22.5. The zero-order valence-corrected chi connectivity index (χ0v) is 58.5. The van der Waals surface area contributed by atoms with Crippen molar-refractivity contribution in [1.82, 2.24) is 0 Å². The van der Waals surface area contributed by atoms with E-state index in [1.54, 1.807) is 68.4 Å². The standard InChI is InChI=1S/C80H100O19/c1-11-12-31-44-85-72-69(97-75(82)78(2,3)4)67(90-50-58-40-27-17-28-41-58)64(87-47-55-34-21-14-22-35-55)61(95-72)52-93-74-71(99-77(84)80(8,9)10)68(91-51-59-42-29-18-30-43-59)65(88-48-56-36-23-15-24-37-56)62(96-74)53-92-73-70(98-76(83)79(5,6)7)66(89-49-57-38-25-16-26-39-57)63(60(45-81)94-73)86-46-54-32-19-13-20-33-54/h11,13-30,32-43,60-74,81H,1,12,31,44-53H2,2-10H3/t60-,61-,62-,63-,64-,65-,66+,67+,68+,69-,70-,71-,72-,73-,74-/m1/s1. The Morgan fingerprint density at radius 1 is 0.354 bits per heavy atom. The lowest BCUT2D eigenvalue weighted by atomic mass is 9.94. The summed E-state index contributed by atoms with van der Waals surface area (Å²) in [4.78, 5) is 43.3. The van der Waals surface area contributed by atoms with Gasteiger partial charge in [0.1, 0.15) is 54.9 Å². The number of carbonyl (C=O) groups excluding carboxylic acids is 3. The highest BCUT2D eigenvalue weighted by Gasteiger charge is 2.56. The maximum Gasteiger partial charge on any atom is 0.311 e. The zero-order chi connectivity index (χ0) is 70.4. The summed E-state index contributed by atoms with van der Waals surface area (Å²) in [5, 5.41) is 11.3. The number of unbranched alkanes of at least 4 members (excludes halogenated alkanes) is 1. The topological polar surface area (TPSA) is 210 Å². The fourth-order valence-corrected chi connectivity index (χ4v) is 11.3. The molecule has 19 heteroatoms. The molecule has 3 heterocycles. The summed E-state index contributed by atoms with van der Waals surface area (Å²) in [6.07, 6.45) is -14.9. The highest BCUT2D eigenvalue weighted by molar-refractivity contribution is 5.76. The minimum atomic E-state index is -1.50. The normalized spacial score (nSPS) is 25.9. The highest BCUT2D eigenvalue weighted by Crippen LogP contribution is 2.38. The Bertz CT molecular complexity index is 3340. The quantitative estimate of drug-likeness (QED) is 0.0176. The number of benzene rings is 6. The highest BCUT2D eigenvalue weighted by atomic mass is 16.8. The summed E-state index contributed by atoms with van der Waals surface area (Å²) in [6.45, 7) is 19.0. The van der Waals surface area contributed by atoms with Gasteiger partial charge in [-0.15, -0.1) is 6.58 Å². The Morgan fingerprint density at radius 3 is 0.848 bits per heavy atom. The molecule has 3 aliphatic heterocycles. The molecule has 0 aromatic heterocycles. The van der Waals surface area contributed by atoms with Gasteiger partial charge < -0.3 is 76.2 Å². The van der Waals surface area contributed by atoms with Gasteiger partial charge in [0.05, 0.1) is 82.3 Å². The number of hydrogen-bond donors (Lipinski definition) is 1. The van der Waals surface area contributed by atoms with Crippen LogP contribution in [0.25, 0.3) is 0 Å². The summed E-state index contributed by atoms with van der Waals surface area (Å²) in [5.74, 6) is -1.70. The Kier molecular flexibility index (Phi) is 28.5. The molecule has 9 rings (SSSR count). The second-order valence-electron chi connectivity index (χ2n) is 28.2. The minimum Gasteiger partial charge on any atom is -0.454 e. The van der Waals surface area contributed by atoms with Crippen LogP contribution in [-0.4, -0.2) is 142 Å². The number of esters is 3. The Balaban J connectivity index is 1.14. The molecule has 6 aromatic carbocycles. The first-order valence-electron chi connectivity index (χ1n) is 34.3. The molecule has 3 aliphatic rings. The van der Waals surface area contributed by atoms with Crippen molar-refractivity contribution >= 4 is 17.9 Å². The van der Waals surface area contributed by atoms with Crippen LogP contribution in [0.1, 0.15) is 109 Å². The lowest BCUT2D eigenvalue weighted by Crippen LogP contribution is -2.65. The van der Waals surface area contributed by atoms with Crippen molar-refractivity contribution in [2.24, 2.45) is 16.2 Å². The van der Waals surface area contributed by atoms with Gasteiger partial charge >= 0.3 is 17.9 Å². The van der Waals surface area contributed by atoms with E-state index in [4.69, 9.17) is 71.1 Å². The Hall–Kier alpha value is -7.05. The van der Waals surface area contributed by atoms with Crippen LogP contribution in [0.2, 0.25) is 0 Å². The first kappa shape index (κ1) is 76.1. The lowest BCUT2D eigenvalue weighted by Gasteiger charge is -2.48. The number of carbonyl (C=O) groups is 3. The number of aliphatic hydroxyl groups excluding tert-OH is 1. The van der Waals surface area contributed by atoms with Gasteiger partial charge in [0.15, 0.2) is 37.2 Å². The van der Waals surface area contributed by atoms with Crippen molar-refractivity contribution in [1.29, 1.82) is 0 Å². The molecule has 0 radical (unpaired) electrons. The summed E-state index contributed by atoms with van der Waals surface area (Å²) in [6, 6.07) is 57.4. The molecule has 6 aromatic rings. The average Bonchev–Trinajstić information content (AvgIpc) is 1.44. The van der Waals surface area contributed by atoms with Gasteiger partial charge in [0.25, 0.3) is 0 Å². The Morgan fingerprint density at radius 2 is 0.596 bits per heavy atom. The molecule has 3 saturated heterocycles. The SMILES string of the molecule is C=CCCCO[C@@H]1O[C@H](CO[C@@H]2O[C@H](CO[C@@H]3O[C@H](CO)[C@@H](OCc4ccccc4)[C@H](OCc4ccccc4)[C@H]3OC(=O)C(C)(C)C)[C@@H](OCc3ccccc3)[C@H](OCc3ccccc3)[C@H]2OC(=O)C(C)(C)C)[C@@H](OCc2ccccc2)[C@H](OCc2ccccc2)[C@H]1OC(=O)C(C)(C)C. The van der Waals surface area contributed by atoms with Crippen LogP contribution >= 0.6 is 0 Å². The van der Waals surface area contributed by atoms with Gasteiger partial charge in [-0.2, -0.15) is 0 Å². The maximum atomic E-state index is 14.7. The van der Waals surface area contributed by atoms with E-state index in [2.05, 4.69) is 6.58 Å². The molecule has 0 saturated carbocycles. The third-order valence-corrected chi connectivity index (χ3v) is 16.9. The van der Waals surface area contributed by atoms with E-state index in [1.165, 1.54) is 0 Å². The molecule has 1 N–H and O–H groups in total. The fourth-order valence-electron chi connectivity index (χ4n) is 11.3. The van der Waals surface area contributed by atoms with E-state index >= 15 is 0 Å². The van der Waals surface area contributed by atoms with Crippen LogP contribution in [0, 0.1) is 16.2 Å². The smallest absolute Gasteiger partial charge is 0.311 e. The van der Waals surface area contributed by atoms with Crippen molar-refractivity contribution in [3.05, 3.63) is 228 Å². The van der Waals surface area contributed by atoms with Crippen LogP contribution < -0.4 is 0 Å². The van der Waals surface area contributed by atoms with Crippen LogP contribution in [0.4, 0.5) is 0 Å². The molecule has 99 heavy (non-hydrogen) atoms. The first-order valence-corrected chi connectivity index (χ1v) is 34.3. The van der Waals surface area contributed by atoms with E-state index < -0.39 is 133 Å². The minimum absolute atomic E-state index is 0.0151. The monoisotopic (exact) mass is 1360 g/mol. The van der Waals surface area contributed by atoms with Crippen molar-refractivity contribution in [2.45, 2.75) is 207 Å². The predicted molar refractivity (Wildman–Crippen MR) is 368 cm³/mol. The molecule has 19 nitrogen and oxygen atoms in total. The van der Waals surface area contributed by atoms with Gasteiger partial charge in [0.2, 0.25) is 0 Å². The lowest BCUT2D eigenvalue weighted by molar-refractivity contribution is -0.356. The predicted octanol–water partition coefficient (Wildman–Crippen LogP) is 12.6. The molecule has 0 amide bonds. The molecular weight excluding hydrogens is 1260 g/mol. The second-order valence-corrected chi connectivity index (χ2v) is 28.2. The van der Waals surface area contributed by atoms with Gasteiger partial charge in [-0.05, 0) is 109 Å². The van der Waals surface area contributed by atoms with E-state index in [-0.39, 0.29) is 59.5 Å². The second kappa shape index (κ2) is 37.0. The van der Waals surface area contributed by atoms with E-state index in [9.17, 15) is 19.5 Å². The number of ether oxygens (including phenoxy) is 15. The molecule has 0 unspecified atom stereocenters. The van der Waals surface area contributed by atoms with Crippen molar-refractivity contribution in [3.63, 3.8) is 0 Å². The van der Waals surface area contributed by atoms with Gasteiger partial charge in [0, 0.05) is 0 Å². The molecular formula is C80H100O19. The maximum absolute atomic E-state index is 14.7. The average molecular weight is 1370 g/mol. The molecule has 0 spiro atoms. The van der Waals surface area contributed by atoms with Gasteiger partial charge in [-0.3, -0.25) is 14.4 Å². The fraction of sp³-hybridized carbons (Fsp3) is 0.487. The molecule has 0 aliphatic carbocycles. The van der Waals surface area contributed by atoms with Crippen LogP contribution in [0.5, 0.6) is 0 Å². The van der Waals surface area contributed by atoms with E-state index in [0.717, 1.165) is 33.4 Å². The largest absolute Gasteiger partial charge is 0.454 e. The molecule has 0 bridgehead atoms. The number of hydrogen-bond acceptors (Lipinski definition) is 19. The van der Waals surface area contributed by atoms with Crippen LogP contribution in [0.15, 0.2) is 195 Å². The molecule has 3 fully saturated rings. The van der Waals surface area contributed by atoms with Crippen molar-refractivity contribution in [2.75, 3.05) is 26.4 Å². The van der Waals surface area contributed by atoms with Gasteiger partial charge in [-0.25, -0.2) is 0 Å². The van der Waals surface area contributed by atoms with Crippen molar-refractivity contribution in [3.8, 4) is 0 Å². The van der Waals surface area contributed by atoms with Crippen LogP contribution in [-0.2, 0) is 125 Å². The number of aliphatic hydroxyl groups is 1. The van der Waals surface area contributed by atoms with E-state index in [1.807, 2.05) is 182 Å². The summed E-state index contributed by atoms with van der Waals surface area (Å²) >= 11 is 0. The first-order chi connectivity index (χ1) is 47.7. The van der Waals surface area contributed by atoms with Gasteiger partial charge in [-0.1, -0.05) is 188 Å². The summed E-state index contributed by atoms with van der Waals surface area (Å²) < 4.78 is 103. The zero-order valence-electron chi connectivity index (χ0n) is 58.5. The van der Waals surface area contributed by atoms with Crippen LogP contribution in [0.3, 0.4) is 0 Å². The number of allylic oxidation sites excluding steroid dienone is 1. The van der Waals surface area contributed by atoms with E-state index in [0.29, 0.717) is 12.8 Å². The Labute approximate surface area is 583 Å².